The number of rotatable bonds is 3. The summed E-state index contributed by atoms with van der Waals surface area (Å²) in [6.45, 7) is 1.65. The number of methoxy groups -OCH3 is 1. The fourth-order valence-electron chi connectivity index (χ4n) is 2.96. The summed E-state index contributed by atoms with van der Waals surface area (Å²) in [6.07, 6.45) is -3.36. The Hall–Kier alpha value is -1.51. The van der Waals surface area contributed by atoms with E-state index in [1.54, 1.807) is 0 Å². The molecule has 2 aliphatic rings. The van der Waals surface area contributed by atoms with E-state index >= 15 is 0 Å². The molecule has 3 rings (SSSR count). The van der Waals surface area contributed by atoms with E-state index in [1.807, 2.05) is 30.3 Å². The number of amides is 1. The number of hydrogen-bond donors (Lipinski definition) is 2. The molecule has 7 heteroatoms. The average Bonchev–Trinajstić information content (AvgIpc) is 2.57. The first-order valence-electron chi connectivity index (χ1n) is 7.55. The van der Waals surface area contributed by atoms with E-state index in [2.05, 4.69) is 5.32 Å². The molecule has 1 amide bonds. The number of aliphatic hydroxyl groups excluding tert-OH is 1. The molecule has 1 aromatic carbocycles. The van der Waals surface area contributed by atoms with E-state index in [1.165, 1.54) is 14.0 Å². The van der Waals surface area contributed by atoms with Gasteiger partial charge in [-0.15, -0.1) is 0 Å². The molecule has 0 spiro atoms. The zero-order valence-corrected chi connectivity index (χ0v) is 13.0. The van der Waals surface area contributed by atoms with E-state index in [0.717, 1.165) is 5.56 Å². The molecule has 2 saturated heterocycles. The van der Waals surface area contributed by atoms with Crippen molar-refractivity contribution in [2.75, 3.05) is 13.7 Å². The van der Waals surface area contributed by atoms with Gasteiger partial charge < -0.3 is 29.4 Å². The van der Waals surface area contributed by atoms with E-state index in [0.29, 0.717) is 0 Å². The minimum Gasteiger partial charge on any atom is -0.388 e. The van der Waals surface area contributed by atoms with Gasteiger partial charge >= 0.3 is 0 Å². The summed E-state index contributed by atoms with van der Waals surface area (Å²) < 4.78 is 22.6. The third-order valence-corrected chi connectivity index (χ3v) is 4.04. The van der Waals surface area contributed by atoms with Gasteiger partial charge in [0, 0.05) is 19.6 Å². The number of benzene rings is 1. The molecule has 0 unspecified atom stereocenters. The van der Waals surface area contributed by atoms with Crippen LogP contribution in [0.4, 0.5) is 0 Å². The molecule has 0 saturated carbocycles. The Kier molecular flexibility index (Phi) is 4.93. The molecule has 2 aliphatic heterocycles. The number of ether oxygens (including phenoxy) is 4. The third-order valence-electron chi connectivity index (χ3n) is 4.04. The molecule has 2 heterocycles. The van der Waals surface area contributed by atoms with Crippen LogP contribution in [0.2, 0.25) is 0 Å². The highest BCUT2D eigenvalue weighted by molar-refractivity contribution is 5.73. The molecule has 6 atom stereocenters. The zero-order valence-electron chi connectivity index (χ0n) is 13.0. The van der Waals surface area contributed by atoms with Crippen LogP contribution in [0.15, 0.2) is 30.3 Å². The van der Waals surface area contributed by atoms with E-state index in [4.69, 9.17) is 18.9 Å². The van der Waals surface area contributed by atoms with Gasteiger partial charge in [-0.25, -0.2) is 0 Å². The van der Waals surface area contributed by atoms with Gasteiger partial charge in [-0.2, -0.15) is 0 Å². The largest absolute Gasteiger partial charge is 0.388 e. The number of hydrogen-bond acceptors (Lipinski definition) is 6. The second-order valence-electron chi connectivity index (χ2n) is 5.67. The third kappa shape index (κ3) is 3.39. The van der Waals surface area contributed by atoms with Crippen molar-refractivity contribution in [3.63, 3.8) is 0 Å². The highest BCUT2D eigenvalue weighted by Crippen LogP contribution is 2.34. The molecule has 0 bridgehead atoms. The van der Waals surface area contributed by atoms with Gasteiger partial charge in [0.1, 0.15) is 24.4 Å². The molecule has 0 radical (unpaired) electrons. The van der Waals surface area contributed by atoms with Crippen molar-refractivity contribution < 1.29 is 28.8 Å². The molecular formula is C16H21NO6. The van der Waals surface area contributed by atoms with Crippen molar-refractivity contribution in [2.45, 2.75) is 43.9 Å². The lowest BCUT2D eigenvalue weighted by Crippen LogP contribution is -2.66. The van der Waals surface area contributed by atoms with Gasteiger partial charge in [0.05, 0.1) is 6.61 Å². The summed E-state index contributed by atoms with van der Waals surface area (Å²) >= 11 is 0. The Bertz CT molecular complexity index is 539. The van der Waals surface area contributed by atoms with Crippen LogP contribution in [0.3, 0.4) is 0 Å². The molecule has 2 fully saturated rings. The molecular weight excluding hydrogens is 302 g/mol. The summed E-state index contributed by atoms with van der Waals surface area (Å²) in [7, 11) is 1.46. The highest BCUT2D eigenvalue weighted by Gasteiger charge is 2.49. The Balaban J connectivity index is 1.76. The maximum absolute atomic E-state index is 11.4. The van der Waals surface area contributed by atoms with Crippen molar-refractivity contribution in [2.24, 2.45) is 0 Å². The van der Waals surface area contributed by atoms with Gasteiger partial charge in [-0.1, -0.05) is 30.3 Å². The van der Waals surface area contributed by atoms with Gasteiger partial charge in [-0.05, 0) is 0 Å². The SMILES string of the molecule is CO[C@@H]1O[C@@H]2CO[C@H](c3ccccc3)O[C@@H]2[C@H](O)[C@H]1NC(C)=O. The summed E-state index contributed by atoms with van der Waals surface area (Å²) in [6, 6.07) is 8.78. The number of carbonyl (C=O) groups excluding carboxylic acids is 1. The monoisotopic (exact) mass is 323 g/mol. The van der Waals surface area contributed by atoms with E-state index < -0.39 is 36.9 Å². The normalized spacial score (nSPS) is 37.0. The van der Waals surface area contributed by atoms with E-state index in [9.17, 15) is 9.90 Å². The molecule has 0 aromatic heterocycles. The topological polar surface area (TPSA) is 86.2 Å². The summed E-state index contributed by atoms with van der Waals surface area (Å²) in [4.78, 5) is 11.4. The number of nitrogens with one attached hydrogen (secondary N) is 1. The summed E-state index contributed by atoms with van der Waals surface area (Å²) in [5.41, 5.74) is 0.864. The second-order valence-corrected chi connectivity index (χ2v) is 5.67. The van der Waals surface area contributed by atoms with Gasteiger partial charge in [0.25, 0.3) is 0 Å². The first-order valence-corrected chi connectivity index (χ1v) is 7.55. The Morgan fingerprint density at radius 3 is 2.70 bits per heavy atom. The van der Waals surface area contributed by atoms with Crippen molar-refractivity contribution >= 4 is 5.91 Å². The predicted octanol–water partition coefficient (Wildman–Crippen LogP) is 0.337. The van der Waals surface area contributed by atoms with Crippen LogP contribution in [0.25, 0.3) is 0 Å². The van der Waals surface area contributed by atoms with Crippen LogP contribution in [0.5, 0.6) is 0 Å². The number of fused-ring (bicyclic) bond motifs is 1. The second kappa shape index (κ2) is 6.94. The van der Waals surface area contributed by atoms with Gasteiger partial charge in [-0.3, -0.25) is 4.79 Å². The molecule has 2 N–H and O–H groups in total. The molecule has 1 aromatic rings. The van der Waals surface area contributed by atoms with Crippen molar-refractivity contribution in [1.82, 2.24) is 5.32 Å². The van der Waals surface area contributed by atoms with Crippen molar-refractivity contribution in [3.05, 3.63) is 35.9 Å². The minimum absolute atomic E-state index is 0.272. The van der Waals surface area contributed by atoms with Crippen LogP contribution in [-0.4, -0.2) is 55.4 Å². The van der Waals surface area contributed by atoms with Crippen molar-refractivity contribution in [1.29, 1.82) is 0 Å². The Morgan fingerprint density at radius 2 is 2.04 bits per heavy atom. The lowest BCUT2D eigenvalue weighted by atomic mass is 9.95. The van der Waals surface area contributed by atoms with Crippen LogP contribution in [0, 0.1) is 0 Å². The molecule has 0 aliphatic carbocycles. The minimum atomic E-state index is -0.960. The van der Waals surface area contributed by atoms with Crippen LogP contribution in [0.1, 0.15) is 18.8 Å². The first-order chi connectivity index (χ1) is 11.1. The van der Waals surface area contributed by atoms with Gasteiger partial charge in [0.15, 0.2) is 12.6 Å². The molecule has 126 valence electrons. The summed E-state index contributed by atoms with van der Waals surface area (Å²) in [5, 5.41) is 13.3. The Morgan fingerprint density at radius 1 is 1.30 bits per heavy atom. The molecule has 7 nitrogen and oxygen atoms in total. The standard InChI is InChI=1S/C16H21NO6/c1-9(18)17-12-13(19)14-11(22-16(12)20-2)8-21-15(23-14)10-6-4-3-5-7-10/h3-7,11-16,19H,8H2,1-2H3,(H,17,18)/t11-,12-,13-,14+,15+,16-/m1/s1. The number of carbonyl (C=O) groups is 1. The number of aliphatic hydroxyl groups is 1. The van der Waals surface area contributed by atoms with E-state index in [-0.39, 0.29) is 12.5 Å². The summed E-state index contributed by atoms with van der Waals surface area (Å²) in [5.74, 6) is -0.273. The smallest absolute Gasteiger partial charge is 0.217 e. The molecule has 23 heavy (non-hydrogen) atoms. The average molecular weight is 323 g/mol. The lowest BCUT2D eigenvalue weighted by Gasteiger charge is -2.47. The maximum atomic E-state index is 11.4. The van der Waals surface area contributed by atoms with Crippen LogP contribution < -0.4 is 5.32 Å². The van der Waals surface area contributed by atoms with Gasteiger partial charge in [0.2, 0.25) is 5.91 Å². The Labute approximate surface area is 134 Å². The zero-order chi connectivity index (χ0) is 16.4. The predicted molar refractivity (Wildman–Crippen MR) is 79.3 cm³/mol. The fraction of sp³-hybridized carbons (Fsp3) is 0.562. The first kappa shape index (κ1) is 16.4. The lowest BCUT2D eigenvalue weighted by molar-refractivity contribution is -0.341. The maximum Gasteiger partial charge on any atom is 0.217 e. The van der Waals surface area contributed by atoms with Crippen LogP contribution >= 0.6 is 0 Å². The van der Waals surface area contributed by atoms with Crippen molar-refractivity contribution in [3.8, 4) is 0 Å². The fourth-order valence-corrected chi connectivity index (χ4v) is 2.96. The van der Waals surface area contributed by atoms with Crippen LogP contribution in [-0.2, 0) is 23.7 Å². The quantitative estimate of drug-likeness (QED) is 0.834. The highest BCUT2D eigenvalue weighted by atomic mass is 16.7.